The molecule has 2 aromatic rings. The highest BCUT2D eigenvalue weighted by Gasteiger charge is 2.24. The van der Waals surface area contributed by atoms with Crippen LogP contribution in [-0.2, 0) is 24.2 Å². The molecule has 1 aromatic carbocycles. The molecule has 1 N–H and O–H groups in total. The molecule has 3 rings (SSSR count). The van der Waals surface area contributed by atoms with E-state index in [-0.39, 0.29) is 5.91 Å². The second-order valence-corrected chi connectivity index (χ2v) is 6.23. The molecule has 0 saturated carbocycles. The van der Waals surface area contributed by atoms with Crippen molar-refractivity contribution in [3.8, 4) is 0 Å². The normalized spacial score (nSPS) is 13.8. The summed E-state index contributed by atoms with van der Waals surface area (Å²) in [5.41, 5.74) is 1.98. The Morgan fingerprint density at radius 1 is 1.24 bits per heavy atom. The van der Waals surface area contributed by atoms with Gasteiger partial charge in [-0.05, 0) is 23.6 Å². The van der Waals surface area contributed by atoms with Crippen molar-refractivity contribution in [2.75, 3.05) is 6.54 Å². The van der Waals surface area contributed by atoms with Crippen LogP contribution >= 0.6 is 11.3 Å². The lowest BCUT2D eigenvalue weighted by Crippen LogP contribution is -2.36. The number of benzene rings is 1. The van der Waals surface area contributed by atoms with Crippen LogP contribution in [0.2, 0.25) is 0 Å². The van der Waals surface area contributed by atoms with Gasteiger partial charge in [0.1, 0.15) is 4.88 Å². The molecule has 0 atom stereocenters. The van der Waals surface area contributed by atoms with Crippen LogP contribution < -0.4 is 0 Å². The van der Waals surface area contributed by atoms with Gasteiger partial charge in [-0.25, -0.2) is 4.79 Å². The topological polar surface area (TPSA) is 57.6 Å². The van der Waals surface area contributed by atoms with E-state index in [1.807, 2.05) is 35.2 Å². The van der Waals surface area contributed by atoms with E-state index in [2.05, 4.69) is 0 Å². The lowest BCUT2D eigenvalue weighted by Gasteiger charge is -2.27. The quantitative estimate of drug-likeness (QED) is 0.948. The third-order valence-corrected chi connectivity index (χ3v) is 4.85. The van der Waals surface area contributed by atoms with Gasteiger partial charge < -0.3 is 10.0 Å². The van der Waals surface area contributed by atoms with Crippen molar-refractivity contribution < 1.29 is 14.7 Å². The van der Waals surface area contributed by atoms with Gasteiger partial charge in [0, 0.05) is 18.0 Å². The number of hydrogen-bond acceptors (Lipinski definition) is 3. The van der Waals surface area contributed by atoms with Crippen LogP contribution in [0.4, 0.5) is 0 Å². The number of nitrogens with zero attached hydrogens (tertiary/aromatic N) is 1. The lowest BCUT2D eigenvalue weighted by atomic mass is 10.1. The molecule has 0 spiro atoms. The Bertz CT molecular complexity index is 678. The summed E-state index contributed by atoms with van der Waals surface area (Å²) in [4.78, 5) is 26.6. The summed E-state index contributed by atoms with van der Waals surface area (Å²) in [5, 5.41) is 9.03. The molecule has 108 valence electrons. The molecule has 5 heteroatoms. The number of fused-ring (bicyclic) bond motifs is 1. The van der Waals surface area contributed by atoms with Crippen LogP contribution in [0.25, 0.3) is 0 Å². The fourth-order valence-corrected chi connectivity index (χ4v) is 3.54. The number of hydrogen-bond donors (Lipinski definition) is 1. The first-order chi connectivity index (χ1) is 10.1. The molecule has 0 aliphatic carbocycles. The van der Waals surface area contributed by atoms with Gasteiger partial charge in [-0.1, -0.05) is 30.3 Å². The number of carbonyl (C=O) groups is 2. The van der Waals surface area contributed by atoms with Crippen molar-refractivity contribution in [3.63, 3.8) is 0 Å². The van der Waals surface area contributed by atoms with Crippen LogP contribution in [-0.4, -0.2) is 28.4 Å². The van der Waals surface area contributed by atoms with Gasteiger partial charge in [-0.15, -0.1) is 11.3 Å². The molecule has 0 saturated heterocycles. The molecule has 0 bridgehead atoms. The molecule has 1 aliphatic rings. The molecule has 1 aliphatic heterocycles. The minimum atomic E-state index is -0.892. The number of carboxylic acid groups (broad SMARTS) is 1. The molecular weight excluding hydrogens is 286 g/mol. The van der Waals surface area contributed by atoms with Crippen molar-refractivity contribution in [2.24, 2.45) is 0 Å². The van der Waals surface area contributed by atoms with Crippen LogP contribution in [0.3, 0.4) is 0 Å². The van der Waals surface area contributed by atoms with Gasteiger partial charge in [0.2, 0.25) is 5.91 Å². The summed E-state index contributed by atoms with van der Waals surface area (Å²) in [5.74, 6) is -0.800. The Hall–Kier alpha value is -2.14. The number of carbonyl (C=O) groups excluding carboxylic acids is 1. The predicted octanol–water partition coefficient (Wildman–Crippen LogP) is 2.57. The summed E-state index contributed by atoms with van der Waals surface area (Å²) >= 11 is 1.32. The van der Waals surface area contributed by atoms with Gasteiger partial charge >= 0.3 is 5.97 Å². The Morgan fingerprint density at radius 2 is 2.00 bits per heavy atom. The van der Waals surface area contributed by atoms with Gasteiger partial charge in [0.15, 0.2) is 0 Å². The van der Waals surface area contributed by atoms with Crippen LogP contribution in [0.1, 0.15) is 25.7 Å². The van der Waals surface area contributed by atoms with Crippen LogP contribution in [0.15, 0.2) is 36.4 Å². The second kappa shape index (κ2) is 5.69. The van der Waals surface area contributed by atoms with Crippen molar-refractivity contribution in [1.82, 2.24) is 4.90 Å². The first-order valence-corrected chi connectivity index (χ1v) is 7.61. The van der Waals surface area contributed by atoms with Crippen molar-refractivity contribution in [1.29, 1.82) is 0 Å². The van der Waals surface area contributed by atoms with E-state index in [9.17, 15) is 9.59 Å². The number of aromatic carboxylic acids is 1. The fourth-order valence-electron chi connectivity index (χ4n) is 2.53. The third-order valence-electron chi connectivity index (χ3n) is 3.63. The van der Waals surface area contributed by atoms with E-state index in [0.29, 0.717) is 24.4 Å². The molecule has 0 fully saturated rings. The SMILES string of the molecule is O=C(O)c1cc2c(s1)CCN(C(=O)Cc1ccccc1)C2. The molecular formula is C16H15NO3S. The average Bonchev–Trinajstić information content (AvgIpc) is 2.91. The summed E-state index contributed by atoms with van der Waals surface area (Å²) in [6, 6.07) is 11.4. The van der Waals surface area contributed by atoms with Gasteiger partial charge in [-0.3, -0.25) is 4.79 Å². The fraction of sp³-hybridized carbons (Fsp3) is 0.250. The van der Waals surface area contributed by atoms with Crippen LogP contribution in [0.5, 0.6) is 0 Å². The molecule has 0 unspecified atom stereocenters. The number of amides is 1. The molecule has 0 radical (unpaired) electrons. The summed E-state index contributed by atoms with van der Waals surface area (Å²) < 4.78 is 0. The maximum atomic E-state index is 12.3. The minimum absolute atomic E-state index is 0.0925. The summed E-state index contributed by atoms with van der Waals surface area (Å²) in [6.07, 6.45) is 1.14. The lowest BCUT2D eigenvalue weighted by molar-refractivity contribution is -0.131. The number of carboxylic acids is 1. The summed E-state index contributed by atoms with van der Waals surface area (Å²) in [6.45, 7) is 1.18. The summed E-state index contributed by atoms with van der Waals surface area (Å²) in [7, 11) is 0. The molecule has 2 heterocycles. The largest absolute Gasteiger partial charge is 0.477 e. The number of rotatable bonds is 3. The average molecular weight is 301 g/mol. The van der Waals surface area contributed by atoms with E-state index in [1.54, 1.807) is 6.07 Å². The number of thiophene rings is 1. The first-order valence-electron chi connectivity index (χ1n) is 6.80. The zero-order chi connectivity index (χ0) is 14.8. The highest BCUT2D eigenvalue weighted by atomic mass is 32.1. The molecule has 21 heavy (non-hydrogen) atoms. The maximum Gasteiger partial charge on any atom is 0.345 e. The second-order valence-electron chi connectivity index (χ2n) is 5.09. The highest BCUT2D eigenvalue weighted by Crippen LogP contribution is 2.28. The highest BCUT2D eigenvalue weighted by molar-refractivity contribution is 7.14. The van der Waals surface area contributed by atoms with E-state index in [4.69, 9.17) is 5.11 Å². The maximum absolute atomic E-state index is 12.3. The van der Waals surface area contributed by atoms with Crippen molar-refractivity contribution >= 4 is 23.2 Å². The monoisotopic (exact) mass is 301 g/mol. The third kappa shape index (κ3) is 2.97. The van der Waals surface area contributed by atoms with E-state index < -0.39 is 5.97 Å². The van der Waals surface area contributed by atoms with E-state index >= 15 is 0 Å². The minimum Gasteiger partial charge on any atom is -0.477 e. The molecule has 4 nitrogen and oxygen atoms in total. The van der Waals surface area contributed by atoms with Crippen molar-refractivity contribution in [3.05, 3.63) is 57.3 Å². The Labute approximate surface area is 126 Å². The Balaban J connectivity index is 1.71. The molecule has 1 aromatic heterocycles. The van der Waals surface area contributed by atoms with Gasteiger partial charge in [0.05, 0.1) is 6.42 Å². The zero-order valence-electron chi connectivity index (χ0n) is 11.4. The van der Waals surface area contributed by atoms with Gasteiger partial charge in [-0.2, -0.15) is 0 Å². The van der Waals surface area contributed by atoms with E-state index in [1.165, 1.54) is 11.3 Å². The van der Waals surface area contributed by atoms with Crippen molar-refractivity contribution in [2.45, 2.75) is 19.4 Å². The van der Waals surface area contributed by atoms with Crippen LogP contribution in [0, 0.1) is 0 Å². The molecule has 1 amide bonds. The Kier molecular flexibility index (Phi) is 3.75. The standard InChI is InChI=1S/C16H15NO3S/c18-15(8-11-4-2-1-3-5-11)17-7-6-13-12(10-17)9-14(21-13)16(19)20/h1-5,9H,6-8,10H2,(H,19,20). The van der Waals surface area contributed by atoms with E-state index in [0.717, 1.165) is 22.4 Å². The smallest absolute Gasteiger partial charge is 0.345 e. The first kappa shape index (κ1) is 13.8. The van der Waals surface area contributed by atoms with Gasteiger partial charge in [0.25, 0.3) is 0 Å². The zero-order valence-corrected chi connectivity index (χ0v) is 12.2. The Morgan fingerprint density at radius 3 is 2.71 bits per heavy atom. The predicted molar refractivity (Wildman–Crippen MR) is 80.5 cm³/mol.